The van der Waals surface area contributed by atoms with E-state index in [1.54, 1.807) is 30.3 Å². The fraction of sp³-hybridized carbons (Fsp3) is 0.133. The normalized spacial score (nSPS) is 11.1. The first-order valence-electron chi connectivity index (χ1n) is 6.19. The van der Waals surface area contributed by atoms with E-state index in [0.717, 1.165) is 0 Å². The van der Waals surface area contributed by atoms with Crippen LogP contribution >= 0.6 is 15.9 Å². The standard InChI is InChI=1S/C15H11BrF3NO2/c16-12-6-5-11(13(17)7-12)9-21-20-8-10-3-1-2-4-14(10)22-15(18)19/h1-8,15H,9H2. The molecule has 0 aliphatic carbocycles. The summed E-state index contributed by atoms with van der Waals surface area (Å²) in [4.78, 5) is 4.98. The van der Waals surface area contributed by atoms with Gasteiger partial charge >= 0.3 is 6.61 Å². The van der Waals surface area contributed by atoms with Crippen molar-refractivity contribution in [2.24, 2.45) is 5.16 Å². The molecule has 2 aromatic rings. The quantitative estimate of drug-likeness (QED) is 0.540. The monoisotopic (exact) mass is 373 g/mol. The van der Waals surface area contributed by atoms with Gasteiger partial charge in [0.15, 0.2) is 0 Å². The van der Waals surface area contributed by atoms with E-state index in [-0.39, 0.29) is 12.4 Å². The Labute approximate surface area is 133 Å². The van der Waals surface area contributed by atoms with Gasteiger partial charge in [0.2, 0.25) is 0 Å². The zero-order valence-electron chi connectivity index (χ0n) is 11.2. The summed E-state index contributed by atoms with van der Waals surface area (Å²) in [6.45, 7) is -3.00. The van der Waals surface area contributed by atoms with Crippen molar-refractivity contribution in [3.8, 4) is 5.75 Å². The van der Waals surface area contributed by atoms with E-state index in [4.69, 9.17) is 4.84 Å². The lowest BCUT2D eigenvalue weighted by atomic mass is 10.2. The van der Waals surface area contributed by atoms with Gasteiger partial charge in [0.1, 0.15) is 18.2 Å². The third-order valence-electron chi connectivity index (χ3n) is 2.64. The third-order valence-corrected chi connectivity index (χ3v) is 3.13. The molecule has 3 nitrogen and oxygen atoms in total. The molecular formula is C15H11BrF3NO2. The van der Waals surface area contributed by atoms with Crippen LogP contribution in [0.15, 0.2) is 52.1 Å². The summed E-state index contributed by atoms with van der Waals surface area (Å²) in [7, 11) is 0. The molecule has 0 radical (unpaired) electrons. The molecule has 22 heavy (non-hydrogen) atoms. The largest absolute Gasteiger partial charge is 0.434 e. The number of hydrogen-bond donors (Lipinski definition) is 0. The van der Waals surface area contributed by atoms with Crippen LogP contribution in [0.5, 0.6) is 5.75 Å². The number of halogens is 4. The summed E-state index contributed by atoms with van der Waals surface area (Å²) >= 11 is 3.15. The molecule has 0 spiro atoms. The van der Waals surface area contributed by atoms with Gasteiger partial charge in [-0.2, -0.15) is 8.78 Å². The molecule has 0 saturated carbocycles. The minimum Gasteiger partial charge on any atom is -0.434 e. The topological polar surface area (TPSA) is 30.8 Å². The Morgan fingerprint density at radius 2 is 1.95 bits per heavy atom. The minimum atomic E-state index is -2.92. The van der Waals surface area contributed by atoms with Crippen molar-refractivity contribution < 1.29 is 22.7 Å². The maximum absolute atomic E-state index is 13.5. The Morgan fingerprint density at radius 3 is 2.68 bits per heavy atom. The molecule has 0 amide bonds. The van der Waals surface area contributed by atoms with Crippen LogP contribution in [0.1, 0.15) is 11.1 Å². The molecule has 0 saturated heterocycles. The van der Waals surface area contributed by atoms with Crippen LogP contribution in [0.2, 0.25) is 0 Å². The van der Waals surface area contributed by atoms with Gasteiger partial charge in [-0.25, -0.2) is 4.39 Å². The summed E-state index contributed by atoms with van der Waals surface area (Å²) in [6.07, 6.45) is 1.23. The highest BCUT2D eigenvalue weighted by Gasteiger charge is 2.07. The summed E-state index contributed by atoms with van der Waals surface area (Å²) < 4.78 is 43.0. The van der Waals surface area contributed by atoms with Crippen LogP contribution in [0.25, 0.3) is 0 Å². The number of hydrogen-bond acceptors (Lipinski definition) is 3. The Bertz CT molecular complexity index is 665. The summed E-state index contributed by atoms with van der Waals surface area (Å²) in [5.74, 6) is -0.439. The fourth-order valence-corrected chi connectivity index (χ4v) is 1.96. The van der Waals surface area contributed by atoms with E-state index in [1.165, 1.54) is 18.3 Å². The molecule has 0 unspecified atom stereocenters. The Hall–Kier alpha value is -2.02. The molecule has 2 aromatic carbocycles. The van der Waals surface area contributed by atoms with Gasteiger partial charge in [-0.05, 0) is 24.3 Å². The van der Waals surface area contributed by atoms with E-state index in [0.29, 0.717) is 15.6 Å². The molecule has 0 bridgehead atoms. The number of alkyl halides is 2. The number of oxime groups is 1. The summed E-state index contributed by atoms with van der Waals surface area (Å²) in [5.41, 5.74) is 0.663. The Kier molecular flexibility index (Phi) is 5.83. The first-order chi connectivity index (χ1) is 10.6. The van der Waals surface area contributed by atoms with Gasteiger partial charge in [0.05, 0.1) is 6.21 Å². The van der Waals surface area contributed by atoms with E-state index >= 15 is 0 Å². The molecule has 0 heterocycles. The molecule has 7 heteroatoms. The molecule has 2 rings (SSSR count). The van der Waals surface area contributed by atoms with Gasteiger partial charge in [-0.15, -0.1) is 0 Å². The first-order valence-corrected chi connectivity index (χ1v) is 6.98. The van der Waals surface area contributed by atoms with Crippen molar-refractivity contribution in [2.75, 3.05) is 0 Å². The Balaban J connectivity index is 1.98. The van der Waals surface area contributed by atoms with Crippen molar-refractivity contribution in [1.29, 1.82) is 0 Å². The minimum absolute atomic E-state index is 0.0142. The van der Waals surface area contributed by atoms with Gasteiger partial charge < -0.3 is 9.57 Å². The van der Waals surface area contributed by atoms with Crippen molar-refractivity contribution >= 4 is 22.1 Å². The number of benzene rings is 2. The Morgan fingerprint density at radius 1 is 1.18 bits per heavy atom. The smallest absolute Gasteiger partial charge is 0.387 e. The highest BCUT2D eigenvalue weighted by molar-refractivity contribution is 9.10. The average Bonchev–Trinajstić information content (AvgIpc) is 2.46. The SMILES string of the molecule is Fc1cc(Br)ccc1CON=Cc1ccccc1OC(F)F. The molecule has 0 fully saturated rings. The van der Waals surface area contributed by atoms with Crippen LogP contribution in [0.4, 0.5) is 13.2 Å². The van der Waals surface area contributed by atoms with Crippen molar-refractivity contribution in [3.63, 3.8) is 0 Å². The maximum Gasteiger partial charge on any atom is 0.387 e. The fourth-order valence-electron chi connectivity index (χ4n) is 1.63. The second-order valence-corrected chi connectivity index (χ2v) is 5.08. The highest BCUT2D eigenvalue weighted by Crippen LogP contribution is 2.19. The van der Waals surface area contributed by atoms with E-state index in [9.17, 15) is 13.2 Å². The van der Waals surface area contributed by atoms with Gasteiger partial charge in [0.25, 0.3) is 0 Å². The van der Waals surface area contributed by atoms with Crippen LogP contribution in [-0.2, 0) is 11.4 Å². The predicted molar refractivity (Wildman–Crippen MR) is 79.6 cm³/mol. The molecule has 0 aromatic heterocycles. The molecule has 0 atom stereocenters. The lowest BCUT2D eigenvalue weighted by Gasteiger charge is -2.07. The second-order valence-electron chi connectivity index (χ2n) is 4.16. The van der Waals surface area contributed by atoms with Crippen molar-refractivity contribution in [3.05, 3.63) is 63.9 Å². The van der Waals surface area contributed by atoms with Gasteiger partial charge in [-0.1, -0.05) is 39.3 Å². The number of ether oxygens (including phenoxy) is 1. The molecule has 0 aliphatic heterocycles. The molecular weight excluding hydrogens is 363 g/mol. The molecule has 0 N–H and O–H groups in total. The molecule has 116 valence electrons. The average molecular weight is 374 g/mol. The lowest BCUT2D eigenvalue weighted by molar-refractivity contribution is -0.0499. The van der Waals surface area contributed by atoms with Crippen LogP contribution in [0, 0.1) is 5.82 Å². The zero-order valence-corrected chi connectivity index (χ0v) is 12.8. The van der Waals surface area contributed by atoms with E-state index in [2.05, 4.69) is 25.8 Å². The van der Waals surface area contributed by atoms with E-state index in [1.807, 2.05) is 0 Å². The summed E-state index contributed by atoms with van der Waals surface area (Å²) in [5, 5.41) is 3.64. The number of para-hydroxylation sites is 1. The highest BCUT2D eigenvalue weighted by atomic mass is 79.9. The number of rotatable bonds is 6. The van der Waals surface area contributed by atoms with Gasteiger partial charge in [0, 0.05) is 15.6 Å². The number of nitrogens with zero attached hydrogens (tertiary/aromatic N) is 1. The second kappa shape index (κ2) is 7.84. The predicted octanol–water partition coefficient (Wildman–Crippen LogP) is 4.74. The van der Waals surface area contributed by atoms with Crippen molar-refractivity contribution in [1.82, 2.24) is 0 Å². The van der Waals surface area contributed by atoms with Crippen LogP contribution in [-0.4, -0.2) is 12.8 Å². The lowest BCUT2D eigenvalue weighted by Crippen LogP contribution is -2.04. The molecule has 0 aliphatic rings. The van der Waals surface area contributed by atoms with Crippen LogP contribution in [0.3, 0.4) is 0 Å². The third kappa shape index (κ3) is 4.77. The van der Waals surface area contributed by atoms with Crippen molar-refractivity contribution in [2.45, 2.75) is 13.2 Å². The van der Waals surface area contributed by atoms with E-state index < -0.39 is 12.4 Å². The van der Waals surface area contributed by atoms with Gasteiger partial charge in [-0.3, -0.25) is 0 Å². The first kappa shape index (κ1) is 16.4. The summed E-state index contributed by atoms with van der Waals surface area (Å²) in [6, 6.07) is 10.7. The maximum atomic E-state index is 13.5. The zero-order chi connectivity index (χ0) is 15.9. The van der Waals surface area contributed by atoms with Crippen LogP contribution < -0.4 is 4.74 Å².